The van der Waals surface area contributed by atoms with Crippen LogP contribution in [0.1, 0.15) is 24.5 Å². The van der Waals surface area contributed by atoms with Gasteiger partial charge in [0, 0.05) is 18.1 Å². The molecule has 0 bridgehead atoms. The first-order valence-electron chi connectivity index (χ1n) is 3.56. The Labute approximate surface area is 59.7 Å². The maximum Gasteiger partial charge on any atom is 0.195 e. The molecular weight excluding hydrogens is 126 g/mol. The van der Waals surface area contributed by atoms with Crippen LogP contribution < -0.4 is 4.73 Å². The van der Waals surface area contributed by atoms with Crippen LogP contribution in [0.25, 0.3) is 0 Å². The normalized spacial score (nSPS) is 17.2. The molecule has 0 radical (unpaired) electrons. The lowest BCUT2D eigenvalue weighted by molar-refractivity contribution is -0.614. The highest BCUT2D eigenvalue weighted by atomic mass is 16.5. The molecule has 1 aromatic heterocycles. The molecule has 2 nitrogen and oxygen atoms in total. The molecule has 0 atom stereocenters. The predicted octanol–water partition coefficient (Wildman–Crippen LogP) is 1.20. The molecule has 0 aliphatic heterocycles. The summed E-state index contributed by atoms with van der Waals surface area (Å²) in [5.41, 5.74) is 0.933. The number of hydrogen-bond acceptors (Lipinski definition) is 1. The highest BCUT2D eigenvalue weighted by molar-refractivity contribution is 5.09. The van der Waals surface area contributed by atoms with E-state index in [1.807, 2.05) is 12.1 Å². The second kappa shape index (κ2) is 1.97. The zero-order valence-corrected chi connectivity index (χ0v) is 5.66. The lowest BCUT2D eigenvalue weighted by Crippen LogP contribution is -2.30. The van der Waals surface area contributed by atoms with Crippen molar-refractivity contribution in [2.75, 3.05) is 0 Å². The van der Waals surface area contributed by atoms with Crippen molar-refractivity contribution in [3.8, 4) is 0 Å². The summed E-state index contributed by atoms with van der Waals surface area (Å²) in [6.07, 6.45) is 3.94. The van der Waals surface area contributed by atoms with E-state index in [1.165, 1.54) is 12.8 Å². The van der Waals surface area contributed by atoms with E-state index in [9.17, 15) is 5.21 Å². The van der Waals surface area contributed by atoms with Crippen molar-refractivity contribution in [2.45, 2.75) is 18.8 Å². The van der Waals surface area contributed by atoms with Gasteiger partial charge in [0.1, 0.15) is 0 Å². The van der Waals surface area contributed by atoms with Crippen LogP contribution in [-0.4, -0.2) is 0 Å². The highest BCUT2D eigenvalue weighted by Crippen LogP contribution is 2.37. The van der Waals surface area contributed by atoms with Gasteiger partial charge in [-0.1, -0.05) is 6.07 Å². The van der Waals surface area contributed by atoms with E-state index in [0.717, 1.165) is 10.4 Å². The summed E-state index contributed by atoms with van der Waals surface area (Å²) < 4.78 is 0.970. The minimum atomic E-state index is 0.554. The summed E-state index contributed by atoms with van der Waals surface area (Å²) >= 11 is 0. The molecule has 10 heavy (non-hydrogen) atoms. The monoisotopic (exact) mass is 135 g/mol. The molecule has 1 aromatic rings. The average Bonchev–Trinajstić information content (AvgIpc) is 2.71. The Morgan fingerprint density at radius 2 is 2.20 bits per heavy atom. The Hall–Kier alpha value is -1.05. The third-order valence-electron chi connectivity index (χ3n) is 1.85. The largest absolute Gasteiger partial charge is 0.618 e. The van der Waals surface area contributed by atoms with Crippen molar-refractivity contribution in [1.82, 2.24) is 0 Å². The molecule has 0 amide bonds. The van der Waals surface area contributed by atoms with Crippen LogP contribution in [0.2, 0.25) is 0 Å². The Balaban J connectivity index is 2.39. The van der Waals surface area contributed by atoms with Gasteiger partial charge in [0.05, 0.1) is 0 Å². The van der Waals surface area contributed by atoms with Gasteiger partial charge < -0.3 is 5.21 Å². The van der Waals surface area contributed by atoms with Gasteiger partial charge in [-0.3, -0.25) is 0 Å². The van der Waals surface area contributed by atoms with Crippen LogP contribution in [0.4, 0.5) is 0 Å². The van der Waals surface area contributed by atoms with E-state index in [2.05, 4.69) is 0 Å². The summed E-state index contributed by atoms with van der Waals surface area (Å²) in [5.74, 6) is 0.554. The molecule has 2 heteroatoms. The predicted molar refractivity (Wildman–Crippen MR) is 37.4 cm³/mol. The van der Waals surface area contributed by atoms with Gasteiger partial charge in [0.15, 0.2) is 11.9 Å². The fourth-order valence-electron chi connectivity index (χ4n) is 1.14. The zero-order valence-electron chi connectivity index (χ0n) is 5.66. The highest BCUT2D eigenvalue weighted by Gasteiger charge is 2.29. The lowest BCUT2D eigenvalue weighted by Gasteiger charge is -1.99. The quantitative estimate of drug-likeness (QED) is 0.420. The third-order valence-corrected chi connectivity index (χ3v) is 1.85. The summed E-state index contributed by atoms with van der Waals surface area (Å²) in [6, 6.07) is 5.59. The first-order chi connectivity index (χ1) is 4.88. The van der Waals surface area contributed by atoms with Gasteiger partial charge in [0.2, 0.25) is 0 Å². The molecule has 2 rings (SSSR count). The van der Waals surface area contributed by atoms with Gasteiger partial charge in [-0.25, -0.2) is 0 Å². The second-order valence-electron chi connectivity index (χ2n) is 2.73. The molecule has 0 saturated heterocycles. The van der Waals surface area contributed by atoms with E-state index in [-0.39, 0.29) is 0 Å². The van der Waals surface area contributed by atoms with Crippen LogP contribution in [-0.2, 0) is 0 Å². The van der Waals surface area contributed by atoms with Crippen molar-refractivity contribution in [3.63, 3.8) is 0 Å². The summed E-state index contributed by atoms with van der Waals surface area (Å²) in [5, 5.41) is 11.0. The van der Waals surface area contributed by atoms with Crippen LogP contribution in [0.15, 0.2) is 24.4 Å². The molecule has 0 spiro atoms. The average molecular weight is 135 g/mol. The number of aromatic nitrogens is 1. The fraction of sp³-hybridized carbons (Fsp3) is 0.375. The van der Waals surface area contributed by atoms with E-state index < -0.39 is 0 Å². The molecule has 1 heterocycles. The van der Waals surface area contributed by atoms with Gasteiger partial charge in [-0.2, -0.15) is 4.73 Å². The standard InChI is InChI=1S/C8H9NO/c10-9-6-2-1-3-8(9)7-4-5-7/h1-3,6-7H,4-5H2. The first kappa shape index (κ1) is 5.71. The lowest BCUT2D eigenvalue weighted by atomic mass is 10.2. The SMILES string of the molecule is [O-][n+]1ccccc1C1CC1. The van der Waals surface area contributed by atoms with E-state index in [0.29, 0.717) is 5.92 Å². The fourth-order valence-corrected chi connectivity index (χ4v) is 1.14. The molecular formula is C8H9NO. The molecule has 1 aliphatic rings. The van der Waals surface area contributed by atoms with Crippen molar-refractivity contribution < 1.29 is 4.73 Å². The van der Waals surface area contributed by atoms with Gasteiger partial charge >= 0.3 is 0 Å². The number of nitrogens with zero attached hydrogens (tertiary/aromatic N) is 1. The van der Waals surface area contributed by atoms with Crippen LogP contribution in [0.5, 0.6) is 0 Å². The number of rotatable bonds is 1. The van der Waals surface area contributed by atoms with Crippen molar-refractivity contribution >= 4 is 0 Å². The zero-order chi connectivity index (χ0) is 6.97. The van der Waals surface area contributed by atoms with Crippen molar-refractivity contribution in [3.05, 3.63) is 35.3 Å². The van der Waals surface area contributed by atoms with Crippen LogP contribution in [0, 0.1) is 5.21 Å². The molecule has 0 aromatic carbocycles. The topological polar surface area (TPSA) is 26.9 Å². The van der Waals surface area contributed by atoms with Crippen molar-refractivity contribution in [2.24, 2.45) is 0 Å². The van der Waals surface area contributed by atoms with E-state index >= 15 is 0 Å². The van der Waals surface area contributed by atoms with E-state index in [4.69, 9.17) is 0 Å². The molecule has 52 valence electrons. The first-order valence-corrected chi connectivity index (χ1v) is 3.56. The minimum Gasteiger partial charge on any atom is -0.618 e. The smallest absolute Gasteiger partial charge is 0.195 e. The van der Waals surface area contributed by atoms with Gasteiger partial charge in [0.25, 0.3) is 0 Å². The van der Waals surface area contributed by atoms with Crippen LogP contribution in [0.3, 0.4) is 0 Å². The Kier molecular flexibility index (Phi) is 1.13. The summed E-state index contributed by atoms with van der Waals surface area (Å²) in [6.45, 7) is 0. The number of pyridine rings is 1. The molecule has 1 aliphatic carbocycles. The van der Waals surface area contributed by atoms with E-state index in [1.54, 1.807) is 12.3 Å². The number of hydrogen-bond donors (Lipinski definition) is 0. The second-order valence-corrected chi connectivity index (χ2v) is 2.73. The Morgan fingerprint density at radius 1 is 1.40 bits per heavy atom. The molecule has 1 fully saturated rings. The van der Waals surface area contributed by atoms with Crippen LogP contribution >= 0.6 is 0 Å². The Bertz CT molecular complexity index is 243. The molecule has 1 saturated carbocycles. The van der Waals surface area contributed by atoms with Crippen molar-refractivity contribution in [1.29, 1.82) is 0 Å². The summed E-state index contributed by atoms with van der Waals surface area (Å²) in [4.78, 5) is 0. The molecule has 0 unspecified atom stereocenters. The third kappa shape index (κ3) is 0.856. The summed E-state index contributed by atoms with van der Waals surface area (Å²) in [7, 11) is 0. The maximum atomic E-state index is 11.0. The van der Waals surface area contributed by atoms with Gasteiger partial charge in [-0.15, -0.1) is 0 Å². The maximum absolute atomic E-state index is 11.0. The molecule has 0 N–H and O–H groups in total. The van der Waals surface area contributed by atoms with Gasteiger partial charge in [-0.05, 0) is 12.8 Å². The minimum absolute atomic E-state index is 0.554. The Morgan fingerprint density at radius 3 is 2.80 bits per heavy atom.